The number of halogens is 1. The molecule has 4 nitrogen and oxygen atoms in total. The van der Waals surface area contributed by atoms with Gasteiger partial charge < -0.3 is 9.47 Å². The molecule has 102 valence electrons. The smallest absolute Gasteiger partial charge is 0.302 e. The molecule has 1 fully saturated rings. The molecular formula is C12H18FNO3S. The molecule has 0 aromatic rings. The Balaban J connectivity index is 2.01. The van der Waals surface area contributed by atoms with Crippen LogP contribution in [0.4, 0.5) is 4.39 Å². The zero-order valence-corrected chi connectivity index (χ0v) is 11.6. The van der Waals surface area contributed by atoms with Crippen LogP contribution in [0.2, 0.25) is 0 Å². The largest absolute Gasteiger partial charge is 0.463 e. The summed E-state index contributed by atoms with van der Waals surface area (Å²) in [6.07, 6.45) is -0.133. The van der Waals surface area contributed by atoms with Crippen LogP contribution in [0, 0.1) is 11.8 Å². The van der Waals surface area contributed by atoms with Crippen molar-refractivity contribution in [3.05, 3.63) is 0 Å². The highest BCUT2D eigenvalue weighted by molar-refractivity contribution is 8.14. The van der Waals surface area contributed by atoms with Crippen molar-refractivity contribution < 1.29 is 18.7 Å². The normalized spacial score (nSPS) is 39.1. The lowest BCUT2D eigenvalue weighted by molar-refractivity contribution is -0.152. The Bertz CT molecular complexity index is 363. The first-order chi connectivity index (χ1) is 8.52. The lowest BCUT2D eigenvalue weighted by Crippen LogP contribution is -2.47. The summed E-state index contributed by atoms with van der Waals surface area (Å²) >= 11 is 1.35. The summed E-state index contributed by atoms with van der Waals surface area (Å²) < 4.78 is 23.5. The van der Waals surface area contributed by atoms with Crippen molar-refractivity contribution in [2.24, 2.45) is 16.8 Å². The second-order valence-corrected chi connectivity index (χ2v) is 6.00. The highest BCUT2D eigenvalue weighted by Gasteiger charge is 2.45. The van der Waals surface area contributed by atoms with Crippen molar-refractivity contribution in [3.63, 3.8) is 0 Å². The van der Waals surface area contributed by atoms with E-state index in [0.717, 1.165) is 0 Å². The number of hydrogen-bond acceptors (Lipinski definition) is 5. The number of aliphatic imine (C=N–C) groups is 1. The molecule has 18 heavy (non-hydrogen) atoms. The van der Waals surface area contributed by atoms with E-state index >= 15 is 0 Å². The van der Waals surface area contributed by atoms with Crippen LogP contribution >= 0.6 is 11.8 Å². The summed E-state index contributed by atoms with van der Waals surface area (Å²) in [5, 5.41) is 0.511. The maximum absolute atomic E-state index is 12.6. The maximum Gasteiger partial charge on any atom is 0.302 e. The summed E-state index contributed by atoms with van der Waals surface area (Å²) in [6, 6.07) is 0.0179. The third-order valence-electron chi connectivity index (χ3n) is 3.65. The van der Waals surface area contributed by atoms with Crippen LogP contribution in [0.5, 0.6) is 0 Å². The molecule has 0 aromatic carbocycles. The second-order valence-electron chi connectivity index (χ2n) is 4.83. The van der Waals surface area contributed by atoms with Crippen LogP contribution < -0.4 is 0 Å². The Morgan fingerprint density at radius 3 is 2.83 bits per heavy atom. The second kappa shape index (κ2) is 5.57. The number of carbonyl (C=O) groups excluding carboxylic acids is 1. The molecule has 2 rings (SSSR count). The first-order valence-electron chi connectivity index (χ1n) is 6.11. The van der Waals surface area contributed by atoms with Gasteiger partial charge in [0.1, 0.15) is 23.8 Å². The van der Waals surface area contributed by atoms with Gasteiger partial charge in [-0.15, -0.1) is 0 Å². The van der Waals surface area contributed by atoms with E-state index in [9.17, 15) is 9.18 Å². The summed E-state index contributed by atoms with van der Waals surface area (Å²) in [7, 11) is 0. The third-order valence-corrected chi connectivity index (χ3v) is 4.76. The number of alkyl halides is 1. The van der Waals surface area contributed by atoms with Gasteiger partial charge in [0.15, 0.2) is 0 Å². The molecule has 0 N–H and O–H groups in total. The Hall–Kier alpha value is -0.620. The molecule has 0 amide bonds. The minimum atomic E-state index is -0.531. The summed E-state index contributed by atoms with van der Waals surface area (Å²) in [4.78, 5) is 15.2. The molecule has 0 aromatic heterocycles. The van der Waals surface area contributed by atoms with Crippen LogP contribution in [-0.2, 0) is 14.3 Å². The van der Waals surface area contributed by atoms with Gasteiger partial charge in [-0.05, 0) is 11.8 Å². The zero-order valence-electron chi connectivity index (χ0n) is 10.8. The molecule has 2 aliphatic rings. The predicted molar refractivity (Wildman–Crippen MR) is 68.4 cm³/mol. The Kier molecular flexibility index (Phi) is 4.27. The van der Waals surface area contributed by atoms with Crippen LogP contribution in [0.3, 0.4) is 0 Å². The van der Waals surface area contributed by atoms with Gasteiger partial charge >= 0.3 is 5.97 Å². The van der Waals surface area contributed by atoms with Crippen molar-refractivity contribution in [3.8, 4) is 0 Å². The number of fused-ring (bicyclic) bond motifs is 1. The fourth-order valence-corrected chi connectivity index (χ4v) is 3.50. The van der Waals surface area contributed by atoms with Gasteiger partial charge in [-0.25, -0.2) is 4.39 Å². The zero-order chi connectivity index (χ0) is 13.3. The minimum Gasteiger partial charge on any atom is -0.463 e. The molecule has 2 aliphatic heterocycles. The molecule has 6 heteroatoms. The highest BCUT2D eigenvalue weighted by atomic mass is 32.2. The third kappa shape index (κ3) is 2.69. The molecule has 0 unspecified atom stereocenters. The van der Waals surface area contributed by atoms with E-state index in [1.807, 2.05) is 0 Å². The van der Waals surface area contributed by atoms with Gasteiger partial charge in [0.05, 0.1) is 12.1 Å². The first kappa shape index (κ1) is 13.8. The number of rotatable bonds is 3. The van der Waals surface area contributed by atoms with Gasteiger partial charge in [-0.2, -0.15) is 0 Å². The van der Waals surface area contributed by atoms with E-state index in [4.69, 9.17) is 9.47 Å². The van der Waals surface area contributed by atoms with Gasteiger partial charge in [-0.3, -0.25) is 9.79 Å². The first-order valence-corrected chi connectivity index (χ1v) is 6.99. The van der Waals surface area contributed by atoms with Crippen LogP contribution in [0.25, 0.3) is 0 Å². The van der Waals surface area contributed by atoms with Crippen molar-refractivity contribution in [2.45, 2.75) is 38.4 Å². The lowest BCUT2D eigenvalue weighted by Gasteiger charge is -2.40. The molecule has 0 aliphatic carbocycles. The molecule has 1 saturated heterocycles. The summed E-state index contributed by atoms with van der Waals surface area (Å²) in [5.41, 5.74) is -0.137. The van der Waals surface area contributed by atoms with E-state index < -0.39 is 6.67 Å². The Labute approximate surface area is 110 Å². The predicted octanol–water partition coefficient (Wildman–Crippen LogP) is 2.03. The maximum atomic E-state index is 12.6. The fraction of sp³-hybridized carbons (Fsp3) is 0.833. The summed E-state index contributed by atoms with van der Waals surface area (Å²) in [5.74, 6) is 0.218. The molecule has 5 atom stereocenters. The number of thioether (sulfide) groups is 1. The number of hydrogen-bond donors (Lipinski definition) is 0. The van der Waals surface area contributed by atoms with E-state index in [1.165, 1.54) is 18.7 Å². The molecule has 2 heterocycles. The van der Waals surface area contributed by atoms with Gasteiger partial charge in [0, 0.05) is 6.92 Å². The minimum absolute atomic E-state index is 0.0179. The average molecular weight is 275 g/mol. The van der Waals surface area contributed by atoms with Crippen LogP contribution in [0.15, 0.2) is 4.99 Å². The average Bonchev–Trinajstić information content (AvgIpc) is 2.75. The molecule has 0 saturated carbocycles. The number of nitrogens with zero attached hydrogens (tertiary/aromatic N) is 1. The van der Waals surface area contributed by atoms with E-state index in [1.54, 1.807) is 0 Å². The highest BCUT2D eigenvalue weighted by Crippen LogP contribution is 2.41. The van der Waals surface area contributed by atoms with Gasteiger partial charge in [-0.1, -0.05) is 25.6 Å². The molecule has 0 bridgehead atoms. The molecule has 0 spiro atoms. The lowest BCUT2D eigenvalue weighted by atomic mass is 9.83. The number of ether oxygens (including phenoxy) is 2. The fourth-order valence-electron chi connectivity index (χ4n) is 2.34. The quantitative estimate of drug-likeness (QED) is 0.739. The van der Waals surface area contributed by atoms with Crippen molar-refractivity contribution in [2.75, 3.05) is 13.3 Å². The van der Waals surface area contributed by atoms with Crippen LogP contribution in [0.1, 0.15) is 20.8 Å². The van der Waals surface area contributed by atoms with E-state index in [2.05, 4.69) is 18.8 Å². The van der Waals surface area contributed by atoms with E-state index in [-0.39, 0.29) is 36.1 Å². The number of esters is 1. The Morgan fingerprint density at radius 2 is 2.22 bits per heavy atom. The van der Waals surface area contributed by atoms with Crippen molar-refractivity contribution in [1.29, 1.82) is 0 Å². The van der Waals surface area contributed by atoms with Gasteiger partial charge in [0.25, 0.3) is 0 Å². The van der Waals surface area contributed by atoms with Crippen molar-refractivity contribution >= 4 is 22.8 Å². The number of carbonyl (C=O) groups is 1. The standard InChI is InChI=1S/C12H18FNO3S/c1-6-7(2)11-12(18-10(4-13)14-11)17-9(6)5-16-8(3)15/h6-7,9,11-12H,4-5H2,1-3H3/t6-,7-,9+,11+,12+/m0/s1. The summed E-state index contributed by atoms with van der Waals surface area (Å²) in [6.45, 7) is 5.26. The molecule has 0 radical (unpaired) electrons. The monoisotopic (exact) mass is 275 g/mol. The Morgan fingerprint density at radius 1 is 1.50 bits per heavy atom. The SMILES string of the molecule is CC(=O)OC[C@H]1O[C@@H]2SC(CF)=N[C@@H]2[C@@H](C)[C@@H]1C. The topological polar surface area (TPSA) is 47.9 Å². The van der Waals surface area contributed by atoms with E-state index in [0.29, 0.717) is 11.0 Å². The van der Waals surface area contributed by atoms with Gasteiger partial charge in [0.2, 0.25) is 0 Å². The van der Waals surface area contributed by atoms with Crippen molar-refractivity contribution in [1.82, 2.24) is 0 Å². The molecular weight excluding hydrogens is 257 g/mol. The van der Waals surface area contributed by atoms with Crippen LogP contribution in [-0.4, -0.2) is 41.9 Å².